The summed E-state index contributed by atoms with van der Waals surface area (Å²) in [5, 5.41) is 6.11. The fraction of sp³-hybridized carbons (Fsp3) is 0.333. The highest BCUT2D eigenvalue weighted by Crippen LogP contribution is 2.23. The van der Waals surface area contributed by atoms with Crippen molar-refractivity contribution in [2.24, 2.45) is 0 Å². The predicted octanol–water partition coefficient (Wildman–Crippen LogP) is 3.22. The van der Waals surface area contributed by atoms with Gasteiger partial charge in [0.15, 0.2) is 5.82 Å². The zero-order valence-electron chi connectivity index (χ0n) is 19.0. The van der Waals surface area contributed by atoms with Crippen LogP contribution in [0.2, 0.25) is 0 Å². The first-order valence-electron chi connectivity index (χ1n) is 10.9. The molecule has 1 atom stereocenters. The summed E-state index contributed by atoms with van der Waals surface area (Å²) in [4.78, 5) is 34.8. The first-order valence-corrected chi connectivity index (χ1v) is 10.9. The molecule has 10 heteroatoms. The molecule has 8 nitrogen and oxygen atoms in total. The molecule has 34 heavy (non-hydrogen) atoms. The lowest BCUT2D eigenvalue weighted by molar-refractivity contribution is -0.125. The number of carbonyl (C=O) groups is 1. The maximum absolute atomic E-state index is 13.2. The first-order chi connectivity index (χ1) is 15.5. The van der Waals surface area contributed by atoms with Crippen molar-refractivity contribution in [3.63, 3.8) is 0 Å². The summed E-state index contributed by atoms with van der Waals surface area (Å²) in [7, 11) is 0. The topological polar surface area (TPSA) is 115 Å². The number of halogens is 2. The number of hydrogen-bond acceptors (Lipinski definition) is 6. The molecular weight excluding hydrogens is 475 g/mol. The van der Waals surface area contributed by atoms with Gasteiger partial charge in [0.2, 0.25) is 5.91 Å². The summed E-state index contributed by atoms with van der Waals surface area (Å²) in [6.07, 6.45) is 4.67. The van der Waals surface area contributed by atoms with Crippen molar-refractivity contribution in [2.45, 2.75) is 45.2 Å². The molecule has 0 spiro atoms. The second-order valence-corrected chi connectivity index (χ2v) is 8.04. The predicted molar refractivity (Wildman–Crippen MR) is 139 cm³/mol. The minimum Gasteiger partial charge on any atom is -0.384 e. The number of anilines is 2. The molecule has 0 saturated carbocycles. The Morgan fingerprint density at radius 2 is 1.94 bits per heavy atom. The number of benzene rings is 1. The minimum atomic E-state index is -0.550. The highest BCUT2D eigenvalue weighted by atomic mass is 35.5. The smallest absolute Gasteiger partial charge is 0.294 e. The second-order valence-electron chi connectivity index (χ2n) is 8.04. The van der Waals surface area contributed by atoms with Crippen LogP contribution >= 0.6 is 24.8 Å². The van der Waals surface area contributed by atoms with Gasteiger partial charge >= 0.3 is 0 Å². The lowest BCUT2D eigenvalue weighted by atomic mass is 10.0. The third kappa shape index (κ3) is 6.27. The highest BCUT2D eigenvalue weighted by molar-refractivity contribution is 5.85. The average molecular weight is 505 g/mol. The van der Waals surface area contributed by atoms with Gasteiger partial charge in [-0.2, -0.15) is 0 Å². The molecule has 0 unspecified atom stereocenters. The SMILES string of the molecule is Cc1nc(N)ccc1CNC(=O)[C@@H]1CCCc2cnc(NCCc3ccccc3)c(=O)n21.Cl.Cl. The normalized spacial score (nSPS) is 14.2. The van der Waals surface area contributed by atoms with Gasteiger partial charge in [-0.3, -0.25) is 14.2 Å². The number of rotatable bonds is 7. The molecule has 2 aromatic heterocycles. The highest BCUT2D eigenvalue weighted by Gasteiger charge is 2.28. The van der Waals surface area contributed by atoms with Gasteiger partial charge in [0.05, 0.1) is 0 Å². The number of nitrogens with zero attached hydrogens (tertiary/aromatic N) is 3. The van der Waals surface area contributed by atoms with Crippen molar-refractivity contribution in [3.8, 4) is 0 Å². The summed E-state index contributed by atoms with van der Waals surface area (Å²) in [5.74, 6) is 0.554. The van der Waals surface area contributed by atoms with Crippen molar-refractivity contribution in [3.05, 3.63) is 81.5 Å². The molecule has 1 aliphatic rings. The summed E-state index contributed by atoms with van der Waals surface area (Å²) >= 11 is 0. The Labute approximate surface area is 211 Å². The monoisotopic (exact) mass is 504 g/mol. The van der Waals surface area contributed by atoms with Gasteiger partial charge in [0.25, 0.3) is 5.56 Å². The zero-order valence-corrected chi connectivity index (χ0v) is 20.6. The van der Waals surface area contributed by atoms with Crippen molar-refractivity contribution in [1.29, 1.82) is 0 Å². The van der Waals surface area contributed by atoms with Crippen LogP contribution in [0, 0.1) is 6.92 Å². The van der Waals surface area contributed by atoms with Gasteiger partial charge in [0, 0.05) is 30.7 Å². The number of nitrogen functional groups attached to an aromatic ring is 1. The molecule has 182 valence electrons. The van der Waals surface area contributed by atoms with Crippen molar-refractivity contribution < 1.29 is 4.79 Å². The molecule has 4 N–H and O–H groups in total. The molecule has 1 amide bonds. The second kappa shape index (κ2) is 12.4. The molecule has 0 fully saturated rings. The van der Waals surface area contributed by atoms with Gasteiger partial charge in [-0.05, 0) is 49.8 Å². The quantitative estimate of drug-likeness (QED) is 0.454. The summed E-state index contributed by atoms with van der Waals surface area (Å²) in [5.41, 5.74) is 9.10. The number of pyridine rings is 1. The number of aromatic nitrogens is 3. The number of aryl methyl sites for hydroxylation is 2. The van der Waals surface area contributed by atoms with Gasteiger partial charge < -0.3 is 16.4 Å². The van der Waals surface area contributed by atoms with Gasteiger partial charge in [-0.1, -0.05) is 36.4 Å². The average Bonchev–Trinajstić information content (AvgIpc) is 2.80. The number of carbonyl (C=O) groups excluding carboxylic acids is 1. The van der Waals surface area contributed by atoms with E-state index < -0.39 is 6.04 Å². The van der Waals surface area contributed by atoms with E-state index >= 15 is 0 Å². The molecule has 0 bridgehead atoms. The number of nitrogens with two attached hydrogens (primary N) is 1. The van der Waals surface area contributed by atoms with E-state index in [4.69, 9.17) is 5.73 Å². The van der Waals surface area contributed by atoms with E-state index in [-0.39, 0.29) is 42.1 Å². The van der Waals surface area contributed by atoms with Crippen LogP contribution in [0.25, 0.3) is 0 Å². The van der Waals surface area contributed by atoms with Gasteiger partial charge in [-0.25, -0.2) is 9.97 Å². The van der Waals surface area contributed by atoms with Crippen LogP contribution in [0.3, 0.4) is 0 Å². The number of hydrogen-bond donors (Lipinski definition) is 3. The van der Waals surface area contributed by atoms with Gasteiger partial charge in [0.1, 0.15) is 11.9 Å². The van der Waals surface area contributed by atoms with E-state index in [0.717, 1.165) is 36.2 Å². The van der Waals surface area contributed by atoms with Crippen LogP contribution in [-0.4, -0.2) is 27.0 Å². The first kappa shape index (κ1) is 27.1. The molecule has 0 saturated heterocycles. The molecule has 4 rings (SSSR count). The van der Waals surface area contributed by atoms with E-state index in [1.165, 1.54) is 5.56 Å². The lowest BCUT2D eigenvalue weighted by Gasteiger charge is -2.27. The molecule has 0 radical (unpaired) electrons. The molecular formula is C24H30Cl2N6O2. The van der Waals surface area contributed by atoms with E-state index in [1.54, 1.807) is 16.8 Å². The fourth-order valence-corrected chi connectivity index (χ4v) is 4.07. The third-order valence-electron chi connectivity index (χ3n) is 5.82. The third-order valence-corrected chi connectivity index (χ3v) is 5.82. The fourth-order valence-electron chi connectivity index (χ4n) is 4.07. The largest absolute Gasteiger partial charge is 0.384 e. The number of amides is 1. The molecule has 1 aliphatic heterocycles. The number of nitrogens with one attached hydrogen (secondary N) is 2. The van der Waals surface area contributed by atoms with Crippen LogP contribution in [0.5, 0.6) is 0 Å². The van der Waals surface area contributed by atoms with E-state index in [1.807, 2.05) is 43.3 Å². The van der Waals surface area contributed by atoms with E-state index in [0.29, 0.717) is 25.3 Å². The van der Waals surface area contributed by atoms with E-state index in [2.05, 4.69) is 20.6 Å². The lowest BCUT2D eigenvalue weighted by Crippen LogP contribution is -2.41. The van der Waals surface area contributed by atoms with E-state index in [9.17, 15) is 9.59 Å². The standard InChI is InChI=1S/C24H28N6O2.2ClH/c1-16-18(10-11-21(25)29-16)14-28-23(31)20-9-5-8-19-15-27-22(24(32)30(19)20)26-13-12-17-6-3-2-4-7-17;;/h2-4,6-7,10-11,15,20H,5,8-9,12-14H2,1H3,(H2,25,29)(H,26,27)(H,28,31);2*1H/t20-;;/m0../s1. The Kier molecular flexibility index (Phi) is 9.89. The van der Waals surface area contributed by atoms with Crippen LogP contribution in [0.15, 0.2) is 53.5 Å². The zero-order chi connectivity index (χ0) is 22.5. The Hall–Kier alpha value is -3.10. The maximum Gasteiger partial charge on any atom is 0.294 e. The number of fused-ring (bicyclic) bond motifs is 1. The maximum atomic E-state index is 13.2. The molecule has 0 aliphatic carbocycles. The Morgan fingerprint density at radius 3 is 2.68 bits per heavy atom. The summed E-state index contributed by atoms with van der Waals surface area (Å²) < 4.78 is 1.60. The molecule has 3 aromatic rings. The van der Waals surface area contributed by atoms with Crippen molar-refractivity contribution >= 4 is 42.4 Å². The Bertz CT molecular complexity index is 1170. The summed E-state index contributed by atoms with van der Waals surface area (Å²) in [6.45, 7) is 2.79. The van der Waals surface area contributed by atoms with Crippen LogP contribution in [0.1, 0.15) is 41.4 Å². The van der Waals surface area contributed by atoms with Gasteiger partial charge in [-0.15, -0.1) is 24.8 Å². The van der Waals surface area contributed by atoms with Crippen LogP contribution in [0.4, 0.5) is 11.6 Å². The van der Waals surface area contributed by atoms with Crippen molar-refractivity contribution in [1.82, 2.24) is 19.9 Å². The van der Waals surface area contributed by atoms with Crippen LogP contribution in [-0.2, 0) is 24.2 Å². The minimum absolute atomic E-state index is 0. The Morgan fingerprint density at radius 1 is 1.18 bits per heavy atom. The van der Waals surface area contributed by atoms with Crippen molar-refractivity contribution in [2.75, 3.05) is 17.6 Å². The molecule has 1 aromatic carbocycles. The molecule has 3 heterocycles. The summed E-state index contributed by atoms with van der Waals surface area (Å²) in [6, 6.07) is 13.1. The van der Waals surface area contributed by atoms with Crippen LogP contribution < -0.4 is 21.9 Å². The Balaban J connectivity index is 0.00000204.